The lowest BCUT2D eigenvalue weighted by molar-refractivity contribution is 0.0726. The number of hydrogen-bond donors (Lipinski definition) is 0. The molecule has 0 unspecified atom stereocenters. The minimum Gasteiger partial charge on any atom is -0.361 e. The van der Waals surface area contributed by atoms with Crippen LogP contribution < -0.4 is 0 Å². The van der Waals surface area contributed by atoms with Gasteiger partial charge in [0.25, 0.3) is 5.91 Å². The Hall–Kier alpha value is -3.16. The normalized spacial score (nSPS) is 16.8. The quantitative estimate of drug-likeness (QED) is 0.716. The van der Waals surface area contributed by atoms with Crippen LogP contribution in [0.1, 0.15) is 46.5 Å². The maximum absolute atomic E-state index is 12.8. The monoisotopic (exact) mass is 350 g/mol. The van der Waals surface area contributed by atoms with Gasteiger partial charge in [-0.2, -0.15) is 0 Å². The molecule has 1 amide bonds. The minimum absolute atomic E-state index is 0.112. The third-order valence-electron chi connectivity index (χ3n) is 4.60. The molecule has 4 rings (SSSR count). The Morgan fingerprint density at radius 2 is 2.15 bits per heavy atom. The molecule has 3 aromatic heterocycles. The number of aromatic nitrogens is 5. The summed E-state index contributed by atoms with van der Waals surface area (Å²) in [6.45, 7) is 4.40. The van der Waals surface area contributed by atoms with E-state index < -0.39 is 0 Å². The van der Waals surface area contributed by atoms with E-state index in [1.54, 1.807) is 24.7 Å². The highest BCUT2D eigenvalue weighted by molar-refractivity contribution is 5.92. The van der Waals surface area contributed by atoms with Crippen LogP contribution in [0.2, 0.25) is 0 Å². The van der Waals surface area contributed by atoms with E-state index in [0.29, 0.717) is 23.7 Å². The zero-order valence-corrected chi connectivity index (χ0v) is 14.6. The standard InChI is InChI=1S/C18H18N6O2/c1-11-17(12(2)26-23-11)15-9-20-8-14(22-15)16-4-3-7-24(16)18(25)13-5-6-19-10-21-13/h5-6,8-10,16H,3-4,7H2,1-2H3/t16-/m0/s1. The first-order valence-corrected chi connectivity index (χ1v) is 8.47. The van der Waals surface area contributed by atoms with Crippen LogP contribution >= 0.6 is 0 Å². The second-order valence-corrected chi connectivity index (χ2v) is 6.28. The van der Waals surface area contributed by atoms with Gasteiger partial charge >= 0.3 is 0 Å². The molecule has 26 heavy (non-hydrogen) atoms. The summed E-state index contributed by atoms with van der Waals surface area (Å²) in [7, 11) is 0. The molecule has 8 nitrogen and oxygen atoms in total. The first-order valence-electron chi connectivity index (χ1n) is 8.47. The van der Waals surface area contributed by atoms with E-state index in [0.717, 1.165) is 29.8 Å². The van der Waals surface area contributed by atoms with E-state index in [1.807, 2.05) is 18.7 Å². The van der Waals surface area contributed by atoms with Gasteiger partial charge in [0, 0.05) is 12.7 Å². The summed E-state index contributed by atoms with van der Waals surface area (Å²) in [5, 5.41) is 3.98. The van der Waals surface area contributed by atoms with Gasteiger partial charge in [-0.15, -0.1) is 0 Å². The molecular weight excluding hydrogens is 332 g/mol. The molecule has 0 bridgehead atoms. The predicted molar refractivity (Wildman–Crippen MR) is 92.0 cm³/mol. The van der Waals surface area contributed by atoms with Gasteiger partial charge < -0.3 is 9.42 Å². The molecule has 3 aromatic rings. The molecule has 0 aromatic carbocycles. The molecule has 1 aliphatic rings. The molecule has 0 spiro atoms. The van der Waals surface area contributed by atoms with Crippen LogP contribution in [0.15, 0.2) is 35.5 Å². The third-order valence-corrected chi connectivity index (χ3v) is 4.60. The highest BCUT2D eigenvalue weighted by Gasteiger charge is 2.32. The number of rotatable bonds is 3. The lowest BCUT2D eigenvalue weighted by atomic mass is 10.1. The Kier molecular flexibility index (Phi) is 4.16. The molecule has 1 saturated heterocycles. The Morgan fingerprint density at radius 1 is 1.27 bits per heavy atom. The number of hydrogen-bond acceptors (Lipinski definition) is 7. The van der Waals surface area contributed by atoms with Crippen LogP contribution in [0, 0.1) is 13.8 Å². The minimum atomic E-state index is -0.120. The Balaban J connectivity index is 1.67. The summed E-state index contributed by atoms with van der Waals surface area (Å²) in [5.41, 5.74) is 3.49. The maximum atomic E-state index is 12.8. The van der Waals surface area contributed by atoms with Crippen molar-refractivity contribution in [3.05, 3.63) is 53.8 Å². The first kappa shape index (κ1) is 16.3. The van der Waals surface area contributed by atoms with Crippen LogP contribution in [0.4, 0.5) is 0 Å². The topological polar surface area (TPSA) is 97.9 Å². The Labute approximate surface area is 150 Å². The number of carbonyl (C=O) groups excluding carboxylic acids is 1. The van der Waals surface area contributed by atoms with Crippen LogP contribution in [0.25, 0.3) is 11.3 Å². The third kappa shape index (κ3) is 2.83. The van der Waals surface area contributed by atoms with Crippen LogP contribution in [0.5, 0.6) is 0 Å². The van der Waals surface area contributed by atoms with Gasteiger partial charge in [0.2, 0.25) is 0 Å². The van der Waals surface area contributed by atoms with E-state index in [9.17, 15) is 4.79 Å². The average molecular weight is 350 g/mol. The summed E-state index contributed by atoms with van der Waals surface area (Å²) in [6.07, 6.45) is 8.13. The van der Waals surface area contributed by atoms with Crippen molar-refractivity contribution in [1.29, 1.82) is 0 Å². The fourth-order valence-electron chi connectivity index (χ4n) is 3.39. The second-order valence-electron chi connectivity index (χ2n) is 6.28. The van der Waals surface area contributed by atoms with Gasteiger partial charge in [0.15, 0.2) is 0 Å². The largest absolute Gasteiger partial charge is 0.361 e. The van der Waals surface area contributed by atoms with Crippen LogP contribution in [-0.2, 0) is 0 Å². The summed E-state index contributed by atoms with van der Waals surface area (Å²) >= 11 is 0. The molecule has 0 saturated carbocycles. The maximum Gasteiger partial charge on any atom is 0.273 e. The van der Waals surface area contributed by atoms with E-state index in [-0.39, 0.29) is 11.9 Å². The Bertz CT molecular complexity index is 920. The van der Waals surface area contributed by atoms with Crippen LogP contribution in [0.3, 0.4) is 0 Å². The van der Waals surface area contributed by atoms with Gasteiger partial charge in [-0.3, -0.25) is 9.78 Å². The van der Waals surface area contributed by atoms with Crippen LogP contribution in [-0.4, -0.2) is 42.4 Å². The van der Waals surface area contributed by atoms with Crippen molar-refractivity contribution >= 4 is 5.91 Å². The molecule has 1 atom stereocenters. The summed E-state index contributed by atoms with van der Waals surface area (Å²) < 4.78 is 5.24. The molecule has 0 aliphatic carbocycles. The number of likely N-dealkylation sites (tertiary alicyclic amines) is 1. The van der Waals surface area contributed by atoms with Gasteiger partial charge in [-0.1, -0.05) is 5.16 Å². The van der Waals surface area contributed by atoms with E-state index in [4.69, 9.17) is 9.51 Å². The van der Waals surface area contributed by atoms with Crippen molar-refractivity contribution in [3.63, 3.8) is 0 Å². The van der Waals surface area contributed by atoms with Crippen molar-refractivity contribution in [1.82, 2.24) is 30.0 Å². The zero-order valence-electron chi connectivity index (χ0n) is 14.6. The van der Waals surface area contributed by atoms with Crippen molar-refractivity contribution < 1.29 is 9.32 Å². The van der Waals surface area contributed by atoms with Crippen molar-refractivity contribution in [2.45, 2.75) is 32.7 Å². The zero-order chi connectivity index (χ0) is 18.1. The van der Waals surface area contributed by atoms with Crippen molar-refractivity contribution in [3.8, 4) is 11.3 Å². The fourth-order valence-corrected chi connectivity index (χ4v) is 3.39. The number of aryl methyl sites for hydroxylation is 2. The van der Waals surface area contributed by atoms with E-state index in [1.165, 1.54) is 6.33 Å². The molecule has 8 heteroatoms. The average Bonchev–Trinajstić information content (AvgIpc) is 3.29. The van der Waals surface area contributed by atoms with Crippen molar-refractivity contribution in [2.24, 2.45) is 0 Å². The van der Waals surface area contributed by atoms with Gasteiger partial charge in [-0.05, 0) is 32.8 Å². The summed E-state index contributed by atoms with van der Waals surface area (Å²) in [5.74, 6) is 0.591. The number of nitrogens with zero attached hydrogens (tertiary/aromatic N) is 6. The molecule has 1 fully saturated rings. The molecule has 0 radical (unpaired) electrons. The summed E-state index contributed by atoms with van der Waals surface area (Å²) in [4.78, 5) is 31.7. The van der Waals surface area contributed by atoms with Gasteiger partial charge in [0.1, 0.15) is 17.8 Å². The number of carbonyl (C=O) groups is 1. The van der Waals surface area contributed by atoms with Crippen molar-refractivity contribution in [2.75, 3.05) is 6.54 Å². The van der Waals surface area contributed by atoms with E-state index in [2.05, 4.69) is 20.1 Å². The SMILES string of the molecule is Cc1noc(C)c1-c1cncc([C@@H]2CCCN2C(=O)c2ccncn2)n1. The van der Waals surface area contributed by atoms with E-state index >= 15 is 0 Å². The molecule has 4 heterocycles. The Morgan fingerprint density at radius 3 is 2.88 bits per heavy atom. The fraction of sp³-hybridized carbons (Fsp3) is 0.333. The highest BCUT2D eigenvalue weighted by atomic mass is 16.5. The molecule has 0 N–H and O–H groups in total. The molecule has 1 aliphatic heterocycles. The first-order chi connectivity index (χ1) is 12.6. The lowest BCUT2D eigenvalue weighted by Gasteiger charge is -2.24. The lowest BCUT2D eigenvalue weighted by Crippen LogP contribution is -2.31. The number of amides is 1. The second kappa shape index (κ2) is 6.62. The predicted octanol–water partition coefficient (Wildman–Crippen LogP) is 2.52. The highest BCUT2D eigenvalue weighted by Crippen LogP contribution is 2.33. The van der Waals surface area contributed by atoms with Gasteiger partial charge in [0.05, 0.1) is 41.1 Å². The summed E-state index contributed by atoms with van der Waals surface area (Å²) in [6, 6.07) is 1.51. The smallest absolute Gasteiger partial charge is 0.273 e. The molecular formula is C18H18N6O2. The molecule has 132 valence electrons. The van der Waals surface area contributed by atoms with Gasteiger partial charge in [-0.25, -0.2) is 15.0 Å².